The average Bonchev–Trinajstić information content (AvgIpc) is 3.20. The smallest absolute Gasteiger partial charge is 0.224 e. The number of hydrogen-bond donors (Lipinski definition) is 1. The van der Waals surface area contributed by atoms with Crippen LogP contribution in [0.15, 0.2) is 65.3 Å². The van der Waals surface area contributed by atoms with Gasteiger partial charge in [-0.2, -0.15) is 0 Å². The molecule has 6 nitrogen and oxygen atoms in total. The molecule has 31 heavy (non-hydrogen) atoms. The Kier molecular flexibility index (Phi) is 5.89. The van der Waals surface area contributed by atoms with E-state index in [2.05, 4.69) is 20.4 Å². The number of aryl methyl sites for hydroxylation is 3. The number of aromatic nitrogens is 3. The second-order valence-corrected chi connectivity index (χ2v) is 7.65. The highest BCUT2D eigenvalue weighted by Gasteiger charge is 2.14. The Hall–Kier alpha value is -3.80. The molecule has 0 aliphatic carbocycles. The molecule has 0 radical (unpaired) electrons. The molecule has 1 N–H and O–H groups in total. The number of carbonyl (C=O) groups is 1. The van der Waals surface area contributed by atoms with Crippen LogP contribution in [0.3, 0.4) is 0 Å². The van der Waals surface area contributed by atoms with Crippen LogP contribution in [0.2, 0.25) is 0 Å². The molecule has 156 valence electrons. The molecule has 4 aromatic rings. The van der Waals surface area contributed by atoms with Crippen molar-refractivity contribution in [2.75, 3.05) is 0 Å². The van der Waals surface area contributed by atoms with Crippen molar-refractivity contribution in [3.8, 4) is 22.6 Å². The van der Waals surface area contributed by atoms with Gasteiger partial charge in [-0.25, -0.2) is 9.97 Å². The zero-order valence-electron chi connectivity index (χ0n) is 17.8. The molecular weight excluding hydrogens is 388 g/mol. The van der Waals surface area contributed by atoms with Gasteiger partial charge in [0, 0.05) is 24.4 Å². The lowest BCUT2D eigenvalue weighted by atomic mass is 10.0. The van der Waals surface area contributed by atoms with Gasteiger partial charge in [0.2, 0.25) is 5.91 Å². The first-order valence-corrected chi connectivity index (χ1v) is 10.2. The van der Waals surface area contributed by atoms with E-state index in [-0.39, 0.29) is 5.91 Å². The molecule has 0 atom stereocenters. The normalized spacial score (nSPS) is 10.8. The number of amides is 1. The maximum atomic E-state index is 12.3. The fourth-order valence-electron chi connectivity index (χ4n) is 3.30. The monoisotopic (exact) mass is 412 g/mol. The predicted octanol–water partition coefficient (Wildman–Crippen LogP) is 4.58. The summed E-state index contributed by atoms with van der Waals surface area (Å²) in [5.74, 6) is 1.32. The molecule has 0 aliphatic rings. The second kappa shape index (κ2) is 8.92. The summed E-state index contributed by atoms with van der Waals surface area (Å²) in [6.07, 6.45) is 2.13. The van der Waals surface area contributed by atoms with Gasteiger partial charge in [-0.05, 0) is 31.9 Å². The van der Waals surface area contributed by atoms with E-state index in [1.807, 2.05) is 75.4 Å². The van der Waals surface area contributed by atoms with E-state index in [4.69, 9.17) is 4.52 Å². The topological polar surface area (TPSA) is 80.9 Å². The number of carbonyl (C=O) groups excluding carboxylic acids is 1. The highest BCUT2D eigenvalue weighted by atomic mass is 16.5. The number of hydrogen-bond acceptors (Lipinski definition) is 5. The first kappa shape index (κ1) is 20.5. The van der Waals surface area contributed by atoms with E-state index in [1.165, 1.54) is 5.56 Å². The van der Waals surface area contributed by atoms with Crippen LogP contribution in [0.1, 0.15) is 28.2 Å². The molecule has 6 heteroatoms. The van der Waals surface area contributed by atoms with Gasteiger partial charge in [-0.1, -0.05) is 59.3 Å². The molecular formula is C25H24N4O2. The molecule has 0 spiro atoms. The van der Waals surface area contributed by atoms with Gasteiger partial charge in [-0.3, -0.25) is 4.79 Å². The van der Waals surface area contributed by atoms with Gasteiger partial charge < -0.3 is 9.84 Å². The van der Waals surface area contributed by atoms with Crippen molar-refractivity contribution in [2.24, 2.45) is 0 Å². The van der Waals surface area contributed by atoms with Crippen molar-refractivity contribution in [1.82, 2.24) is 20.4 Å². The van der Waals surface area contributed by atoms with Crippen LogP contribution in [0.4, 0.5) is 0 Å². The zero-order valence-corrected chi connectivity index (χ0v) is 17.8. The maximum Gasteiger partial charge on any atom is 0.224 e. The summed E-state index contributed by atoms with van der Waals surface area (Å²) in [6.45, 7) is 6.24. The minimum atomic E-state index is 0.00216. The molecule has 2 aromatic carbocycles. The number of nitrogens with zero attached hydrogens (tertiary/aromatic N) is 3. The minimum absolute atomic E-state index is 0.00216. The third-order valence-electron chi connectivity index (χ3n) is 5.00. The second-order valence-electron chi connectivity index (χ2n) is 7.65. The molecule has 2 heterocycles. The molecule has 4 rings (SSSR count). The van der Waals surface area contributed by atoms with Gasteiger partial charge >= 0.3 is 0 Å². The van der Waals surface area contributed by atoms with Crippen molar-refractivity contribution in [2.45, 2.75) is 33.7 Å². The van der Waals surface area contributed by atoms with Crippen LogP contribution in [-0.2, 0) is 17.8 Å². The number of nitrogens with one attached hydrogen (secondary N) is 1. The third kappa shape index (κ3) is 5.04. The predicted molar refractivity (Wildman–Crippen MR) is 119 cm³/mol. The fraction of sp³-hybridized carbons (Fsp3) is 0.200. The number of benzene rings is 2. The summed E-state index contributed by atoms with van der Waals surface area (Å²) < 4.78 is 5.42. The SMILES string of the molecule is Cc1ccc(CC(=O)NCc2ccc(-c3nc(C)ncc3-c3cc(C)no3)cc2)cc1. The lowest BCUT2D eigenvalue weighted by Crippen LogP contribution is -2.24. The summed E-state index contributed by atoms with van der Waals surface area (Å²) in [5, 5.41) is 6.95. The van der Waals surface area contributed by atoms with Crippen LogP contribution in [0.5, 0.6) is 0 Å². The molecule has 2 aromatic heterocycles. The minimum Gasteiger partial charge on any atom is -0.356 e. The zero-order chi connectivity index (χ0) is 21.8. The lowest BCUT2D eigenvalue weighted by Gasteiger charge is -2.09. The summed E-state index contributed by atoms with van der Waals surface area (Å²) in [5.41, 5.74) is 6.55. The largest absolute Gasteiger partial charge is 0.356 e. The molecule has 0 unspecified atom stereocenters. The van der Waals surface area contributed by atoms with Crippen molar-refractivity contribution in [1.29, 1.82) is 0 Å². The first-order valence-electron chi connectivity index (χ1n) is 10.2. The Labute approximate surface area is 181 Å². The van der Waals surface area contributed by atoms with Crippen molar-refractivity contribution in [3.63, 3.8) is 0 Å². The molecule has 0 saturated heterocycles. The highest BCUT2D eigenvalue weighted by molar-refractivity contribution is 5.79. The third-order valence-corrected chi connectivity index (χ3v) is 5.00. The van der Waals surface area contributed by atoms with E-state index in [1.54, 1.807) is 6.20 Å². The van der Waals surface area contributed by atoms with Gasteiger partial charge in [-0.15, -0.1) is 0 Å². The Balaban J connectivity index is 1.45. The highest BCUT2D eigenvalue weighted by Crippen LogP contribution is 2.30. The Morgan fingerprint density at radius 3 is 2.35 bits per heavy atom. The van der Waals surface area contributed by atoms with E-state index < -0.39 is 0 Å². The molecule has 0 fully saturated rings. The molecule has 0 aliphatic heterocycles. The van der Waals surface area contributed by atoms with E-state index in [0.717, 1.165) is 33.6 Å². The Morgan fingerprint density at radius 1 is 0.968 bits per heavy atom. The summed E-state index contributed by atoms with van der Waals surface area (Å²) in [4.78, 5) is 21.2. The van der Waals surface area contributed by atoms with Crippen LogP contribution < -0.4 is 5.32 Å². The van der Waals surface area contributed by atoms with E-state index in [9.17, 15) is 4.79 Å². The van der Waals surface area contributed by atoms with Crippen LogP contribution in [-0.4, -0.2) is 21.0 Å². The maximum absolute atomic E-state index is 12.3. The van der Waals surface area contributed by atoms with Crippen LogP contribution in [0, 0.1) is 20.8 Å². The number of rotatable bonds is 6. The van der Waals surface area contributed by atoms with E-state index >= 15 is 0 Å². The van der Waals surface area contributed by atoms with Gasteiger partial charge in [0.05, 0.1) is 23.4 Å². The summed E-state index contributed by atoms with van der Waals surface area (Å²) in [6, 6.07) is 17.9. The van der Waals surface area contributed by atoms with Gasteiger partial charge in [0.25, 0.3) is 0 Å². The van der Waals surface area contributed by atoms with Crippen molar-refractivity contribution < 1.29 is 9.32 Å². The quantitative estimate of drug-likeness (QED) is 0.501. The summed E-state index contributed by atoms with van der Waals surface area (Å²) >= 11 is 0. The lowest BCUT2D eigenvalue weighted by molar-refractivity contribution is -0.120. The molecule has 0 saturated carbocycles. The molecule has 0 bridgehead atoms. The van der Waals surface area contributed by atoms with Crippen LogP contribution in [0.25, 0.3) is 22.6 Å². The van der Waals surface area contributed by atoms with Gasteiger partial charge in [0.15, 0.2) is 5.76 Å². The summed E-state index contributed by atoms with van der Waals surface area (Å²) in [7, 11) is 0. The standard InChI is InChI=1S/C25H24N4O2/c1-16-4-6-19(7-5-16)13-24(30)27-14-20-8-10-21(11-9-20)25-22(15-26-18(3)28-25)23-12-17(2)29-31-23/h4-12,15H,13-14H2,1-3H3,(H,27,30). The average molecular weight is 412 g/mol. The van der Waals surface area contributed by atoms with Gasteiger partial charge in [0.1, 0.15) is 5.82 Å². The first-order chi connectivity index (χ1) is 15.0. The Morgan fingerprint density at radius 2 is 1.68 bits per heavy atom. The van der Waals surface area contributed by atoms with E-state index in [0.29, 0.717) is 24.6 Å². The molecule has 1 amide bonds. The van der Waals surface area contributed by atoms with Crippen LogP contribution >= 0.6 is 0 Å². The van der Waals surface area contributed by atoms with Crippen molar-refractivity contribution >= 4 is 5.91 Å². The van der Waals surface area contributed by atoms with Crippen molar-refractivity contribution in [3.05, 3.63) is 89.0 Å². The Bertz CT molecular complexity index is 1200. The fourth-order valence-corrected chi connectivity index (χ4v) is 3.30.